The van der Waals surface area contributed by atoms with E-state index in [9.17, 15) is 4.79 Å². The van der Waals surface area contributed by atoms with Gasteiger partial charge in [0.25, 0.3) is 5.91 Å². The fourth-order valence-electron chi connectivity index (χ4n) is 2.70. The van der Waals surface area contributed by atoms with Crippen molar-refractivity contribution in [2.75, 3.05) is 25.2 Å². The normalized spacial score (nSPS) is 23.8. The lowest BCUT2D eigenvalue weighted by molar-refractivity contribution is -0.0794. The maximum atomic E-state index is 11.5. The standard InChI is InChI=1S/C15H23N3O2/c1-15(2)12(8-13(15)20-4)18-11-6-5-9(7-10(11)16)14(19)17-3/h5-7,12-13,18H,8,16H2,1-4H3,(H,17,19). The Hall–Kier alpha value is -1.75. The first-order valence-electron chi connectivity index (χ1n) is 6.81. The summed E-state index contributed by atoms with van der Waals surface area (Å²) < 4.78 is 5.44. The second-order valence-electron chi connectivity index (χ2n) is 5.86. The van der Waals surface area contributed by atoms with Crippen molar-refractivity contribution in [1.29, 1.82) is 0 Å². The Bertz CT molecular complexity index is 514. The van der Waals surface area contributed by atoms with Gasteiger partial charge in [-0.25, -0.2) is 0 Å². The summed E-state index contributed by atoms with van der Waals surface area (Å²) >= 11 is 0. The second kappa shape index (κ2) is 5.32. The molecule has 0 bridgehead atoms. The molecule has 0 saturated heterocycles. The van der Waals surface area contributed by atoms with E-state index in [1.807, 2.05) is 6.07 Å². The number of nitrogens with one attached hydrogen (secondary N) is 2. The summed E-state index contributed by atoms with van der Waals surface area (Å²) in [6, 6.07) is 5.65. The van der Waals surface area contributed by atoms with Gasteiger partial charge in [0.05, 0.1) is 17.5 Å². The highest BCUT2D eigenvalue weighted by atomic mass is 16.5. The number of hydrogen-bond donors (Lipinski definition) is 3. The van der Waals surface area contributed by atoms with Crippen LogP contribution in [0.25, 0.3) is 0 Å². The average Bonchev–Trinajstić information content (AvgIpc) is 2.43. The molecule has 1 aliphatic carbocycles. The number of carbonyl (C=O) groups is 1. The fourth-order valence-corrected chi connectivity index (χ4v) is 2.70. The number of carbonyl (C=O) groups excluding carboxylic acids is 1. The number of nitrogen functional groups attached to an aromatic ring is 1. The third kappa shape index (κ3) is 2.45. The van der Waals surface area contributed by atoms with Gasteiger partial charge in [0, 0.05) is 31.2 Å². The molecular weight excluding hydrogens is 254 g/mol. The Balaban J connectivity index is 2.10. The maximum Gasteiger partial charge on any atom is 0.251 e. The van der Waals surface area contributed by atoms with Crippen LogP contribution in [0.1, 0.15) is 30.6 Å². The van der Waals surface area contributed by atoms with Gasteiger partial charge in [-0.3, -0.25) is 4.79 Å². The van der Waals surface area contributed by atoms with E-state index in [0.29, 0.717) is 17.3 Å². The molecule has 2 rings (SSSR count). The number of ether oxygens (including phenoxy) is 1. The Labute approximate surface area is 119 Å². The van der Waals surface area contributed by atoms with E-state index >= 15 is 0 Å². The molecule has 110 valence electrons. The molecule has 2 unspecified atom stereocenters. The number of hydrogen-bond acceptors (Lipinski definition) is 4. The number of nitrogens with two attached hydrogens (primary N) is 1. The minimum Gasteiger partial charge on any atom is -0.397 e. The molecule has 1 aromatic carbocycles. The lowest BCUT2D eigenvalue weighted by atomic mass is 9.64. The largest absolute Gasteiger partial charge is 0.397 e. The first-order chi connectivity index (χ1) is 9.40. The monoisotopic (exact) mass is 277 g/mol. The van der Waals surface area contributed by atoms with Crippen LogP contribution < -0.4 is 16.4 Å². The van der Waals surface area contributed by atoms with Crippen LogP contribution in [0.3, 0.4) is 0 Å². The van der Waals surface area contributed by atoms with Gasteiger partial charge >= 0.3 is 0 Å². The summed E-state index contributed by atoms with van der Waals surface area (Å²) in [5.41, 5.74) is 8.11. The van der Waals surface area contributed by atoms with Gasteiger partial charge in [0.2, 0.25) is 0 Å². The van der Waals surface area contributed by atoms with Gasteiger partial charge in [-0.05, 0) is 24.6 Å². The van der Waals surface area contributed by atoms with E-state index in [-0.39, 0.29) is 17.4 Å². The van der Waals surface area contributed by atoms with Crippen LogP contribution in [0.2, 0.25) is 0 Å². The van der Waals surface area contributed by atoms with Crippen molar-refractivity contribution in [1.82, 2.24) is 5.32 Å². The molecule has 2 atom stereocenters. The lowest BCUT2D eigenvalue weighted by Gasteiger charge is -2.51. The van der Waals surface area contributed by atoms with Gasteiger partial charge in [-0.1, -0.05) is 13.8 Å². The molecule has 0 radical (unpaired) electrons. The summed E-state index contributed by atoms with van der Waals surface area (Å²) in [5, 5.41) is 6.03. The van der Waals surface area contributed by atoms with Gasteiger partial charge < -0.3 is 21.1 Å². The lowest BCUT2D eigenvalue weighted by Crippen LogP contribution is -2.57. The quantitative estimate of drug-likeness (QED) is 0.734. The number of amides is 1. The van der Waals surface area contributed by atoms with Crippen LogP contribution in [0, 0.1) is 5.41 Å². The molecule has 4 N–H and O–H groups in total. The van der Waals surface area contributed by atoms with Gasteiger partial charge in [0.1, 0.15) is 0 Å². The molecule has 1 fully saturated rings. The summed E-state index contributed by atoms with van der Waals surface area (Å²) in [5.74, 6) is -0.133. The van der Waals surface area contributed by atoms with Crippen molar-refractivity contribution in [3.05, 3.63) is 23.8 Å². The van der Waals surface area contributed by atoms with Crippen LogP contribution in [0.5, 0.6) is 0 Å². The molecular formula is C15H23N3O2. The van der Waals surface area contributed by atoms with Crippen LogP contribution in [-0.4, -0.2) is 32.2 Å². The summed E-state index contributed by atoms with van der Waals surface area (Å²) in [6.07, 6.45) is 1.23. The number of benzene rings is 1. The Morgan fingerprint density at radius 2 is 2.15 bits per heavy atom. The number of methoxy groups -OCH3 is 1. The van der Waals surface area contributed by atoms with Gasteiger partial charge in [0.15, 0.2) is 0 Å². The van der Waals surface area contributed by atoms with Gasteiger partial charge in [-0.15, -0.1) is 0 Å². The zero-order valence-electron chi connectivity index (χ0n) is 12.5. The first kappa shape index (κ1) is 14.7. The SMILES string of the molecule is CNC(=O)c1ccc(NC2CC(OC)C2(C)C)c(N)c1. The smallest absolute Gasteiger partial charge is 0.251 e. The molecule has 0 spiro atoms. The summed E-state index contributed by atoms with van der Waals surface area (Å²) in [6.45, 7) is 4.36. The fraction of sp³-hybridized carbons (Fsp3) is 0.533. The molecule has 1 aromatic rings. The summed E-state index contributed by atoms with van der Waals surface area (Å²) in [4.78, 5) is 11.5. The molecule has 5 heteroatoms. The molecule has 5 nitrogen and oxygen atoms in total. The second-order valence-corrected chi connectivity index (χ2v) is 5.86. The van der Waals surface area contributed by atoms with E-state index in [1.165, 1.54) is 0 Å². The minimum absolute atomic E-state index is 0.0701. The van der Waals surface area contributed by atoms with Crippen molar-refractivity contribution >= 4 is 17.3 Å². The predicted octanol–water partition coefficient (Wildman–Crippen LogP) is 1.85. The average molecular weight is 277 g/mol. The van der Waals surface area contributed by atoms with E-state index < -0.39 is 0 Å². The molecule has 0 heterocycles. The van der Waals surface area contributed by atoms with E-state index in [0.717, 1.165) is 12.1 Å². The van der Waals surface area contributed by atoms with Gasteiger partial charge in [-0.2, -0.15) is 0 Å². The number of anilines is 2. The minimum atomic E-state index is -0.133. The Morgan fingerprint density at radius 3 is 2.65 bits per heavy atom. The van der Waals surface area contributed by atoms with Crippen molar-refractivity contribution in [3.63, 3.8) is 0 Å². The van der Waals surface area contributed by atoms with Crippen LogP contribution in [-0.2, 0) is 4.74 Å². The first-order valence-corrected chi connectivity index (χ1v) is 6.81. The van der Waals surface area contributed by atoms with E-state index in [1.54, 1.807) is 26.3 Å². The molecule has 1 saturated carbocycles. The number of rotatable bonds is 4. The highest BCUT2D eigenvalue weighted by Gasteiger charge is 2.48. The van der Waals surface area contributed by atoms with E-state index in [4.69, 9.17) is 10.5 Å². The highest BCUT2D eigenvalue weighted by molar-refractivity contribution is 5.95. The zero-order chi connectivity index (χ0) is 14.9. The highest BCUT2D eigenvalue weighted by Crippen LogP contribution is 2.44. The third-order valence-corrected chi connectivity index (χ3v) is 4.33. The Morgan fingerprint density at radius 1 is 1.45 bits per heavy atom. The van der Waals surface area contributed by atoms with E-state index in [2.05, 4.69) is 24.5 Å². The molecule has 1 aliphatic rings. The van der Waals surface area contributed by atoms with Crippen molar-refractivity contribution in [3.8, 4) is 0 Å². The molecule has 0 aliphatic heterocycles. The van der Waals surface area contributed by atoms with Crippen molar-refractivity contribution in [2.24, 2.45) is 5.41 Å². The predicted molar refractivity (Wildman–Crippen MR) is 80.9 cm³/mol. The Kier molecular flexibility index (Phi) is 3.90. The van der Waals surface area contributed by atoms with Crippen molar-refractivity contribution < 1.29 is 9.53 Å². The maximum absolute atomic E-state index is 11.5. The van der Waals surface area contributed by atoms with Crippen LogP contribution >= 0.6 is 0 Å². The van der Waals surface area contributed by atoms with Crippen LogP contribution in [0.15, 0.2) is 18.2 Å². The van der Waals surface area contributed by atoms with Crippen molar-refractivity contribution in [2.45, 2.75) is 32.4 Å². The topological polar surface area (TPSA) is 76.4 Å². The van der Waals surface area contributed by atoms with Crippen LogP contribution in [0.4, 0.5) is 11.4 Å². The zero-order valence-corrected chi connectivity index (χ0v) is 12.5. The molecule has 1 amide bonds. The third-order valence-electron chi connectivity index (χ3n) is 4.33. The molecule has 0 aromatic heterocycles. The summed E-state index contributed by atoms with van der Waals surface area (Å²) in [7, 11) is 3.35. The molecule has 20 heavy (non-hydrogen) atoms.